The van der Waals surface area contributed by atoms with Gasteiger partial charge in [0.1, 0.15) is 5.75 Å². The molecule has 0 spiro atoms. The maximum atomic E-state index is 13.4. The van der Waals surface area contributed by atoms with Gasteiger partial charge in [-0.15, -0.1) is 0 Å². The lowest BCUT2D eigenvalue weighted by Crippen LogP contribution is -2.60. The minimum absolute atomic E-state index is 0.0876. The summed E-state index contributed by atoms with van der Waals surface area (Å²) in [5, 5.41) is 9.17. The summed E-state index contributed by atoms with van der Waals surface area (Å²) in [6, 6.07) is 6.52. The first kappa shape index (κ1) is 26.5. The van der Waals surface area contributed by atoms with Gasteiger partial charge in [0.05, 0.1) is 19.0 Å². The number of hydrogen-bond acceptors (Lipinski definition) is 4. The van der Waals surface area contributed by atoms with Crippen molar-refractivity contribution >= 4 is 0 Å². The van der Waals surface area contributed by atoms with Gasteiger partial charge < -0.3 is 9.84 Å². The third-order valence-electron chi connectivity index (χ3n) is 4.61. The summed E-state index contributed by atoms with van der Waals surface area (Å²) < 4.78 is 120. The smallest absolute Gasteiger partial charge is 0.460 e. The first-order valence-corrected chi connectivity index (χ1v) is 9.63. The first-order valence-electron chi connectivity index (χ1n) is 9.63. The lowest BCUT2D eigenvalue weighted by atomic mass is 9.98. The van der Waals surface area contributed by atoms with E-state index in [4.69, 9.17) is 4.74 Å². The van der Waals surface area contributed by atoms with E-state index in [-0.39, 0.29) is 25.2 Å². The Hall–Kier alpha value is -2.73. The molecule has 184 valence electrons. The largest absolute Gasteiger partial charge is 0.505 e. The molecule has 2 rings (SSSR count). The van der Waals surface area contributed by atoms with Crippen LogP contribution < -0.4 is 4.74 Å². The normalized spacial score (nSPS) is 13.2. The molecule has 1 aromatic carbocycles. The van der Waals surface area contributed by atoms with Crippen LogP contribution in [-0.2, 0) is 0 Å². The van der Waals surface area contributed by atoms with Crippen molar-refractivity contribution in [2.45, 2.75) is 56.0 Å². The Morgan fingerprint density at radius 3 is 1.82 bits per heavy atom. The molecule has 4 nitrogen and oxygen atoms in total. The van der Waals surface area contributed by atoms with Crippen molar-refractivity contribution in [3.8, 4) is 22.9 Å². The Morgan fingerprint density at radius 2 is 1.27 bits per heavy atom. The Labute approximate surface area is 182 Å². The molecule has 33 heavy (non-hydrogen) atoms. The van der Waals surface area contributed by atoms with Crippen molar-refractivity contribution in [3.05, 3.63) is 36.7 Å². The molecule has 1 aromatic heterocycles. The summed E-state index contributed by atoms with van der Waals surface area (Å²) in [6.45, 7) is 0.133. The SMILES string of the molecule is Oc1cnc(-c2ccc(OCCCCCCC(F)(F)C(F)(F)C(F)(F)C(F)(F)F)cc2)nc1. The molecule has 13 heteroatoms. The fourth-order valence-electron chi connectivity index (χ4n) is 2.73. The fraction of sp³-hybridized carbons (Fsp3) is 0.500. The lowest BCUT2D eigenvalue weighted by Gasteiger charge is -2.33. The lowest BCUT2D eigenvalue weighted by molar-refractivity contribution is -0.396. The number of halogens is 9. The van der Waals surface area contributed by atoms with E-state index in [0.717, 1.165) is 0 Å². The second-order valence-corrected chi connectivity index (χ2v) is 7.15. The van der Waals surface area contributed by atoms with E-state index in [1.165, 1.54) is 12.4 Å². The molecule has 0 aliphatic rings. The maximum absolute atomic E-state index is 13.4. The van der Waals surface area contributed by atoms with Gasteiger partial charge in [-0.3, -0.25) is 0 Å². The fourth-order valence-corrected chi connectivity index (χ4v) is 2.73. The van der Waals surface area contributed by atoms with Crippen molar-refractivity contribution in [2.24, 2.45) is 0 Å². The monoisotopic (exact) mass is 490 g/mol. The van der Waals surface area contributed by atoms with Gasteiger partial charge >= 0.3 is 23.9 Å². The highest BCUT2D eigenvalue weighted by atomic mass is 19.4. The Bertz CT molecular complexity index is 886. The molecule has 0 aliphatic heterocycles. The molecule has 0 atom stereocenters. The molecule has 1 N–H and O–H groups in total. The molecular weight excluding hydrogens is 471 g/mol. The number of benzene rings is 1. The van der Waals surface area contributed by atoms with Crippen LogP contribution in [0.5, 0.6) is 11.5 Å². The molecular formula is C20H19F9N2O2. The quantitative estimate of drug-likeness (QED) is 0.283. The van der Waals surface area contributed by atoms with Gasteiger partial charge in [0.2, 0.25) is 0 Å². The zero-order valence-electron chi connectivity index (χ0n) is 16.9. The van der Waals surface area contributed by atoms with Crippen LogP contribution in [0.25, 0.3) is 11.4 Å². The van der Waals surface area contributed by atoms with Crippen LogP contribution in [0.4, 0.5) is 39.5 Å². The van der Waals surface area contributed by atoms with Gasteiger partial charge in [0.15, 0.2) is 11.6 Å². The van der Waals surface area contributed by atoms with Gasteiger partial charge in [-0.05, 0) is 37.1 Å². The van der Waals surface area contributed by atoms with Gasteiger partial charge in [-0.25, -0.2) is 9.97 Å². The van der Waals surface area contributed by atoms with Crippen LogP contribution in [0, 0.1) is 0 Å². The average Bonchev–Trinajstić information content (AvgIpc) is 2.73. The van der Waals surface area contributed by atoms with Crippen molar-refractivity contribution in [1.82, 2.24) is 9.97 Å². The van der Waals surface area contributed by atoms with E-state index < -0.39 is 36.8 Å². The highest BCUT2D eigenvalue weighted by Gasteiger charge is 2.81. The first-order chi connectivity index (χ1) is 15.2. The second-order valence-electron chi connectivity index (χ2n) is 7.15. The molecule has 0 bridgehead atoms. The van der Waals surface area contributed by atoms with E-state index in [9.17, 15) is 44.6 Å². The molecule has 1 heterocycles. The molecule has 2 aromatic rings. The minimum Gasteiger partial charge on any atom is -0.505 e. The third-order valence-corrected chi connectivity index (χ3v) is 4.61. The number of hydrogen-bond donors (Lipinski definition) is 1. The summed E-state index contributed by atoms with van der Waals surface area (Å²) in [5.41, 5.74) is 0.649. The Morgan fingerprint density at radius 1 is 0.727 bits per heavy atom. The predicted octanol–water partition coefficient (Wildman–Crippen LogP) is 6.65. The maximum Gasteiger partial charge on any atom is 0.460 e. The van der Waals surface area contributed by atoms with Crippen LogP contribution in [0.3, 0.4) is 0 Å². The summed E-state index contributed by atoms with van der Waals surface area (Å²) in [7, 11) is 0. The van der Waals surface area contributed by atoms with Gasteiger partial charge in [-0.2, -0.15) is 39.5 Å². The van der Waals surface area contributed by atoms with Gasteiger partial charge in [0.25, 0.3) is 0 Å². The summed E-state index contributed by atoms with van der Waals surface area (Å²) in [6.07, 6.45) is -6.40. The van der Waals surface area contributed by atoms with Crippen molar-refractivity contribution in [1.29, 1.82) is 0 Å². The molecule has 0 fully saturated rings. The van der Waals surface area contributed by atoms with Crippen LogP contribution in [0.1, 0.15) is 32.1 Å². The Kier molecular flexibility index (Phi) is 8.07. The van der Waals surface area contributed by atoms with Crippen LogP contribution in [0.2, 0.25) is 0 Å². The van der Waals surface area contributed by atoms with Crippen molar-refractivity contribution in [2.75, 3.05) is 6.61 Å². The molecule has 0 aliphatic carbocycles. The molecule has 0 radical (unpaired) electrons. The predicted molar refractivity (Wildman–Crippen MR) is 98.6 cm³/mol. The Balaban J connectivity index is 1.73. The summed E-state index contributed by atoms with van der Waals surface area (Å²) in [5.74, 6) is -18.2. The molecule has 0 amide bonds. The van der Waals surface area contributed by atoms with E-state index in [1.54, 1.807) is 24.3 Å². The summed E-state index contributed by atoms with van der Waals surface area (Å²) >= 11 is 0. The highest BCUT2D eigenvalue weighted by Crippen LogP contribution is 2.54. The number of ether oxygens (including phenoxy) is 1. The number of unbranched alkanes of at least 4 members (excludes halogenated alkanes) is 3. The topological polar surface area (TPSA) is 55.2 Å². The van der Waals surface area contributed by atoms with Crippen molar-refractivity contribution in [3.63, 3.8) is 0 Å². The van der Waals surface area contributed by atoms with Gasteiger partial charge in [0, 0.05) is 12.0 Å². The standard InChI is InChI=1S/C20H19F9N2O2/c21-17(22,18(23,24)19(25,26)20(27,28)29)9-3-1-2-4-10-33-15-7-5-13(6-8-15)16-30-11-14(32)12-31-16/h5-8,11-12,32H,1-4,9-10H2. The minimum atomic E-state index is -6.85. The molecule has 0 saturated carbocycles. The molecule has 0 unspecified atom stereocenters. The van der Waals surface area contributed by atoms with E-state index in [2.05, 4.69) is 9.97 Å². The number of nitrogens with zero attached hydrogens (tertiary/aromatic N) is 2. The van der Waals surface area contributed by atoms with E-state index in [1.807, 2.05) is 0 Å². The number of aromatic hydroxyl groups is 1. The zero-order valence-corrected chi connectivity index (χ0v) is 16.9. The highest BCUT2D eigenvalue weighted by molar-refractivity contribution is 5.56. The van der Waals surface area contributed by atoms with Crippen molar-refractivity contribution < 1.29 is 49.4 Å². The van der Waals surface area contributed by atoms with Crippen LogP contribution in [-0.4, -0.2) is 45.6 Å². The number of rotatable bonds is 11. The van der Waals surface area contributed by atoms with E-state index in [0.29, 0.717) is 23.6 Å². The van der Waals surface area contributed by atoms with Gasteiger partial charge in [-0.1, -0.05) is 12.8 Å². The second kappa shape index (κ2) is 10.0. The summed E-state index contributed by atoms with van der Waals surface area (Å²) in [4.78, 5) is 7.88. The van der Waals surface area contributed by atoms with Crippen LogP contribution >= 0.6 is 0 Å². The number of aromatic nitrogens is 2. The third kappa shape index (κ3) is 6.20. The molecule has 0 saturated heterocycles. The van der Waals surface area contributed by atoms with Crippen LogP contribution in [0.15, 0.2) is 36.7 Å². The average molecular weight is 490 g/mol. The van der Waals surface area contributed by atoms with E-state index >= 15 is 0 Å². The zero-order chi connectivity index (χ0) is 24.9. The number of alkyl halides is 9.